The molecule has 1 atom stereocenters. The van der Waals surface area contributed by atoms with Gasteiger partial charge >= 0.3 is 0 Å². The van der Waals surface area contributed by atoms with E-state index in [1.807, 2.05) is 6.92 Å². The van der Waals surface area contributed by atoms with E-state index in [0.717, 1.165) is 43.5 Å². The quantitative estimate of drug-likeness (QED) is 0.115. The standard InChI is InChI=1S/C25H41NO4/c1-5-6-17-25(20-27,24-19-23(26(28)29)16-15-22(24)4)30-18-13-11-9-7-8-10-12-14-21(2)3/h15-16,19-21H,5-14,17-18H2,1-4H3. The molecular weight excluding hydrogens is 378 g/mol. The first kappa shape index (κ1) is 26.3. The van der Waals surface area contributed by atoms with Gasteiger partial charge in [0, 0.05) is 24.3 Å². The molecule has 1 rings (SSSR count). The van der Waals surface area contributed by atoms with Crippen LogP contribution in [0.15, 0.2) is 18.2 Å². The van der Waals surface area contributed by atoms with E-state index in [4.69, 9.17) is 4.74 Å². The van der Waals surface area contributed by atoms with E-state index in [-0.39, 0.29) is 5.69 Å². The number of nitro groups is 1. The van der Waals surface area contributed by atoms with E-state index >= 15 is 0 Å². The Morgan fingerprint density at radius 2 is 1.70 bits per heavy atom. The van der Waals surface area contributed by atoms with Gasteiger partial charge in [0.25, 0.3) is 5.69 Å². The highest BCUT2D eigenvalue weighted by molar-refractivity contribution is 5.68. The van der Waals surface area contributed by atoms with E-state index in [1.165, 1.54) is 50.7 Å². The summed E-state index contributed by atoms with van der Waals surface area (Å²) >= 11 is 0. The van der Waals surface area contributed by atoms with Gasteiger partial charge in [0.15, 0.2) is 6.29 Å². The van der Waals surface area contributed by atoms with E-state index in [1.54, 1.807) is 6.07 Å². The van der Waals surface area contributed by atoms with Crippen molar-refractivity contribution in [3.05, 3.63) is 39.4 Å². The Hall–Kier alpha value is -1.75. The number of hydrogen-bond acceptors (Lipinski definition) is 4. The minimum Gasteiger partial charge on any atom is -0.363 e. The van der Waals surface area contributed by atoms with Gasteiger partial charge in [-0.2, -0.15) is 0 Å². The second-order valence-corrected chi connectivity index (χ2v) is 8.87. The van der Waals surface area contributed by atoms with Gasteiger partial charge in [0.1, 0.15) is 5.60 Å². The number of benzene rings is 1. The highest BCUT2D eigenvalue weighted by Gasteiger charge is 2.35. The largest absolute Gasteiger partial charge is 0.363 e. The summed E-state index contributed by atoms with van der Waals surface area (Å²) in [5.41, 5.74) is 0.387. The molecule has 1 aromatic carbocycles. The fraction of sp³-hybridized carbons (Fsp3) is 0.720. The van der Waals surface area contributed by atoms with Crippen molar-refractivity contribution in [1.29, 1.82) is 0 Å². The Kier molecular flexibility index (Phi) is 12.5. The van der Waals surface area contributed by atoms with Crippen molar-refractivity contribution in [2.45, 2.75) is 104 Å². The molecule has 0 saturated heterocycles. The Balaban J connectivity index is 2.60. The monoisotopic (exact) mass is 419 g/mol. The van der Waals surface area contributed by atoms with Gasteiger partial charge in [-0.1, -0.05) is 84.6 Å². The summed E-state index contributed by atoms with van der Waals surface area (Å²) in [5.74, 6) is 0.794. The average molecular weight is 420 g/mol. The topological polar surface area (TPSA) is 69.4 Å². The van der Waals surface area contributed by atoms with Crippen molar-refractivity contribution in [1.82, 2.24) is 0 Å². The molecular formula is C25H41NO4. The number of unbranched alkanes of at least 4 members (excludes halogenated alkanes) is 7. The van der Waals surface area contributed by atoms with Gasteiger partial charge in [-0.15, -0.1) is 0 Å². The van der Waals surface area contributed by atoms with E-state index in [2.05, 4.69) is 20.8 Å². The molecule has 0 aromatic heterocycles. The summed E-state index contributed by atoms with van der Waals surface area (Å²) in [4.78, 5) is 23.0. The van der Waals surface area contributed by atoms with Gasteiger partial charge in [-0.3, -0.25) is 14.9 Å². The minimum atomic E-state index is -1.09. The van der Waals surface area contributed by atoms with Crippen LogP contribution in [0.1, 0.15) is 103 Å². The number of non-ortho nitro benzene ring substituents is 1. The van der Waals surface area contributed by atoms with Crippen molar-refractivity contribution < 1.29 is 14.5 Å². The lowest BCUT2D eigenvalue weighted by Crippen LogP contribution is -2.33. The van der Waals surface area contributed by atoms with Crippen LogP contribution < -0.4 is 0 Å². The number of carbonyl (C=O) groups excluding carboxylic acids is 1. The first-order valence-corrected chi connectivity index (χ1v) is 11.7. The number of nitrogens with zero attached hydrogens (tertiary/aromatic N) is 1. The Bertz CT molecular complexity index is 644. The summed E-state index contributed by atoms with van der Waals surface area (Å²) in [7, 11) is 0. The molecule has 0 aliphatic carbocycles. The molecule has 0 heterocycles. The third-order valence-electron chi connectivity index (χ3n) is 5.77. The van der Waals surface area contributed by atoms with Crippen LogP contribution in [0, 0.1) is 23.0 Å². The number of rotatable bonds is 17. The van der Waals surface area contributed by atoms with Crippen LogP contribution in [0.2, 0.25) is 0 Å². The number of hydrogen-bond donors (Lipinski definition) is 0. The molecule has 0 N–H and O–H groups in total. The predicted molar refractivity (Wildman–Crippen MR) is 123 cm³/mol. The zero-order valence-corrected chi connectivity index (χ0v) is 19.5. The van der Waals surface area contributed by atoms with Gasteiger partial charge in [0.2, 0.25) is 0 Å². The lowest BCUT2D eigenvalue weighted by atomic mass is 9.86. The maximum Gasteiger partial charge on any atom is 0.269 e. The number of nitro benzene ring substituents is 1. The molecule has 0 fully saturated rings. The maximum atomic E-state index is 12.2. The summed E-state index contributed by atoms with van der Waals surface area (Å²) in [6, 6.07) is 4.70. The summed E-state index contributed by atoms with van der Waals surface area (Å²) in [6.45, 7) is 8.99. The van der Waals surface area contributed by atoms with Crippen molar-refractivity contribution >= 4 is 12.0 Å². The van der Waals surface area contributed by atoms with E-state index < -0.39 is 10.5 Å². The molecule has 0 bridgehead atoms. The summed E-state index contributed by atoms with van der Waals surface area (Å²) in [6.07, 6.45) is 12.8. The molecule has 0 aliphatic heterocycles. The molecule has 30 heavy (non-hydrogen) atoms. The van der Waals surface area contributed by atoms with Crippen LogP contribution >= 0.6 is 0 Å². The molecule has 0 saturated carbocycles. The number of ether oxygens (including phenoxy) is 1. The summed E-state index contributed by atoms with van der Waals surface area (Å²) < 4.78 is 6.16. The zero-order chi connectivity index (χ0) is 22.4. The first-order valence-electron chi connectivity index (χ1n) is 11.7. The highest BCUT2D eigenvalue weighted by Crippen LogP contribution is 2.34. The molecule has 0 amide bonds. The molecule has 0 aliphatic rings. The predicted octanol–water partition coefficient (Wildman–Crippen LogP) is 7.28. The molecule has 170 valence electrons. The molecule has 5 nitrogen and oxygen atoms in total. The Labute approximate surface area is 182 Å². The van der Waals surface area contributed by atoms with Crippen molar-refractivity contribution in [3.8, 4) is 0 Å². The maximum absolute atomic E-state index is 12.2. The molecule has 1 unspecified atom stereocenters. The highest BCUT2D eigenvalue weighted by atomic mass is 16.6. The Morgan fingerprint density at radius 1 is 1.07 bits per heavy atom. The smallest absolute Gasteiger partial charge is 0.269 e. The third kappa shape index (κ3) is 8.95. The SMILES string of the molecule is CCCCC(C=O)(OCCCCCCCCCC(C)C)c1cc([N+](=O)[O-])ccc1C. The van der Waals surface area contributed by atoms with Crippen LogP contribution in [0.5, 0.6) is 0 Å². The normalized spacial score (nSPS) is 13.4. The van der Waals surface area contributed by atoms with Gasteiger partial charge < -0.3 is 4.74 Å². The number of aryl methyl sites for hydroxylation is 1. The van der Waals surface area contributed by atoms with Gasteiger partial charge in [-0.05, 0) is 31.2 Å². The van der Waals surface area contributed by atoms with Crippen LogP contribution in [-0.4, -0.2) is 17.8 Å². The second-order valence-electron chi connectivity index (χ2n) is 8.87. The van der Waals surface area contributed by atoms with Crippen molar-refractivity contribution in [3.63, 3.8) is 0 Å². The molecule has 0 spiro atoms. The fourth-order valence-electron chi connectivity index (χ4n) is 3.85. The first-order chi connectivity index (χ1) is 14.4. The van der Waals surface area contributed by atoms with Crippen LogP contribution in [0.4, 0.5) is 5.69 Å². The molecule has 0 radical (unpaired) electrons. The molecule has 5 heteroatoms. The van der Waals surface area contributed by atoms with Crippen molar-refractivity contribution in [2.75, 3.05) is 6.61 Å². The number of carbonyl (C=O) groups is 1. The van der Waals surface area contributed by atoms with Gasteiger partial charge in [-0.25, -0.2) is 0 Å². The lowest BCUT2D eigenvalue weighted by molar-refractivity contribution is -0.385. The van der Waals surface area contributed by atoms with Crippen LogP contribution in [0.3, 0.4) is 0 Å². The average Bonchev–Trinajstić information content (AvgIpc) is 2.72. The fourth-order valence-corrected chi connectivity index (χ4v) is 3.85. The van der Waals surface area contributed by atoms with Crippen LogP contribution in [0.25, 0.3) is 0 Å². The van der Waals surface area contributed by atoms with E-state index in [0.29, 0.717) is 18.6 Å². The lowest BCUT2D eigenvalue weighted by Gasteiger charge is -2.30. The second kappa shape index (κ2) is 14.3. The zero-order valence-electron chi connectivity index (χ0n) is 19.5. The number of aldehydes is 1. The van der Waals surface area contributed by atoms with Crippen molar-refractivity contribution in [2.24, 2.45) is 5.92 Å². The van der Waals surface area contributed by atoms with Gasteiger partial charge in [0.05, 0.1) is 4.92 Å². The Morgan fingerprint density at radius 3 is 2.27 bits per heavy atom. The van der Waals surface area contributed by atoms with Crippen LogP contribution in [-0.2, 0) is 15.1 Å². The summed E-state index contributed by atoms with van der Waals surface area (Å²) in [5, 5.41) is 11.2. The molecule has 1 aromatic rings. The van der Waals surface area contributed by atoms with E-state index in [9.17, 15) is 14.9 Å². The minimum absolute atomic E-state index is 0.000565. The third-order valence-corrected chi connectivity index (χ3v) is 5.77.